The maximum atomic E-state index is 13.9. The quantitative estimate of drug-likeness (QED) is 0.417. The van der Waals surface area contributed by atoms with Gasteiger partial charge < -0.3 is 9.73 Å². The number of nitrogens with one attached hydrogen (secondary N) is 1. The van der Waals surface area contributed by atoms with E-state index in [1.165, 1.54) is 0 Å². The molecule has 2 unspecified atom stereocenters. The average molecular weight is 507 g/mol. The molecule has 38 heavy (non-hydrogen) atoms. The highest BCUT2D eigenvalue weighted by Crippen LogP contribution is 2.44. The topological polar surface area (TPSA) is 88.7 Å². The highest BCUT2D eigenvalue weighted by Gasteiger charge is 2.45. The molecule has 0 saturated carbocycles. The molecule has 2 aromatic carbocycles. The molecule has 1 aromatic heterocycles. The predicted octanol–water partition coefficient (Wildman–Crippen LogP) is 5.69. The molecule has 3 aromatic rings. The molecular formula is C32H30N2O4. The van der Waals surface area contributed by atoms with E-state index >= 15 is 0 Å². The first kappa shape index (κ1) is 25.3. The number of ketones is 1. The summed E-state index contributed by atoms with van der Waals surface area (Å²) in [6.45, 7) is 8.18. The lowest BCUT2D eigenvalue weighted by Crippen LogP contribution is -2.36. The number of carbonyl (C=O) groups excluding carboxylic acids is 3. The molecular weight excluding hydrogens is 476 g/mol. The van der Waals surface area contributed by atoms with Crippen LogP contribution in [-0.4, -0.2) is 30.2 Å². The van der Waals surface area contributed by atoms with Gasteiger partial charge in [0.05, 0.1) is 11.6 Å². The Labute approximate surface area is 222 Å². The Hall–Kier alpha value is -4.32. The van der Waals surface area contributed by atoms with Crippen molar-refractivity contribution in [2.75, 3.05) is 6.54 Å². The van der Waals surface area contributed by atoms with E-state index in [2.05, 4.69) is 5.32 Å². The van der Waals surface area contributed by atoms with Crippen LogP contribution in [0.15, 0.2) is 86.9 Å². The summed E-state index contributed by atoms with van der Waals surface area (Å²) in [4.78, 5) is 43.0. The molecule has 0 saturated heterocycles. The molecule has 2 heterocycles. The van der Waals surface area contributed by atoms with Gasteiger partial charge in [-0.05, 0) is 63.1 Å². The number of allylic oxidation sites excluding steroid dienone is 3. The number of hydrogen-bond acceptors (Lipinski definition) is 5. The van der Waals surface area contributed by atoms with Crippen molar-refractivity contribution in [3.63, 3.8) is 0 Å². The van der Waals surface area contributed by atoms with Crippen molar-refractivity contribution in [1.29, 1.82) is 0 Å². The van der Waals surface area contributed by atoms with Gasteiger partial charge in [0.2, 0.25) is 5.91 Å². The molecule has 192 valence electrons. The van der Waals surface area contributed by atoms with Crippen LogP contribution in [0.5, 0.6) is 0 Å². The molecule has 5 rings (SSSR count). The number of aryl methyl sites for hydroxylation is 2. The molecule has 1 N–H and O–H groups in total. The first-order valence-corrected chi connectivity index (χ1v) is 12.8. The van der Waals surface area contributed by atoms with Crippen LogP contribution in [0.25, 0.3) is 11.3 Å². The van der Waals surface area contributed by atoms with Crippen molar-refractivity contribution in [2.45, 2.75) is 40.0 Å². The van der Waals surface area contributed by atoms with Crippen LogP contribution in [-0.2, 0) is 16.0 Å². The lowest BCUT2D eigenvalue weighted by atomic mass is 9.74. The van der Waals surface area contributed by atoms with Gasteiger partial charge in [0.25, 0.3) is 0 Å². The van der Waals surface area contributed by atoms with E-state index in [1.807, 2.05) is 76.2 Å². The third kappa shape index (κ3) is 4.58. The van der Waals surface area contributed by atoms with Gasteiger partial charge in [-0.2, -0.15) is 0 Å². The van der Waals surface area contributed by atoms with Crippen LogP contribution in [0, 0.1) is 19.8 Å². The number of furan rings is 1. The normalized spacial score (nSPS) is 18.7. The highest BCUT2D eigenvalue weighted by atomic mass is 16.3. The summed E-state index contributed by atoms with van der Waals surface area (Å²) in [7, 11) is 0. The monoisotopic (exact) mass is 506 g/mol. The van der Waals surface area contributed by atoms with Crippen molar-refractivity contribution in [2.24, 2.45) is 10.9 Å². The molecule has 1 aliphatic heterocycles. The molecule has 0 radical (unpaired) electrons. The van der Waals surface area contributed by atoms with E-state index in [0.29, 0.717) is 52.6 Å². The Bertz CT molecular complexity index is 1540. The lowest BCUT2D eigenvalue weighted by molar-refractivity contribution is -0.118. The fourth-order valence-electron chi connectivity index (χ4n) is 5.36. The summed E-state index contributed by atoms with van der Waals surface area (Å²) < 4.78 is 6.13. The van der Waals surface area contributed by atoms with Crippen LogP contribution in [0.1, 0.15) is 52.6 Å². The van der Waals surface area contributed by atoms with Gasteiger partial charge in [0.15, 0.2) is 5.78 Å². The lowest BCUT2D eigenvalue weighted by Gasteiger charge is -2.30. The van der Waals surface area contributed by atoms with Crippen molar-refractivity contribution >= 4 is 23.7 Å². The minimum Gasteiger partial charge on any atom is -0.461 e. The Morgan fingerprint density at radius 2 is 1.79 bits per heavy atom. The zero-order valence-electron chi connectivity index (χ0n) is 22.0. The third-order valence-electron chi connectivity index (χ3n) is 7.28. The number of aldehydes is 1. The summed E-state index contributed by atoms with van der Waals surface area (Å²) in [5.41, 5.74) is 6.90. The number of nitrogens with zero attached hydrogens (tertiary/aromatic N) is 1. The molecule has 0 spiro atoms. The summed E-state index contributed by atoms with van der Waals surface area (Å²) in [6.07, 6.45) is 2.98. The number of Topliss-reactive ketones (excluding diaryl/α,β-unsaturated/α-hetero) is 1. The number of likely N-dealkylation sites (N-methyl/N-ethyl adjacent to an activating group) is 1. The van der Waals surface area contributed by atoms with Gasteiger partial charge in [-0.3, -0.25) is 19.4 Å². The second-order valence-electron chi connectivity index (χ2n) is 9.93. The second kappa shape index (κ2) is 10.2. The Kier molecular flexibility index (Phi) is 6.81. The number of fused-ring (bicyclic) bond motifs is 1. The zero-order chi connectivity index (χ0) is 27.0. The van der Waals surface area contributed by atoms with E-state index in [4.69, 9.17) is 9.41 Å². The Balaban J connectivity index is 1.48. The maximum Gasteiger partial charge on any atom is 0.249 e. The molecule has 0 fully saturated rings. The SMILES string of the molecule is CCNC(=O)C1=C(C)N=C2C=C(Cc3ccc(-c4cc(C=O)ccc4C)o3)C(=O)C2C1c1ccc(C)cc1. The fourth-order valence-corrected chi connectivity index (χ4v) is 5.36. The molecule has 0 bridgehead atoms. The van der Waals surface area contributed by atoms with E-state index in [1.54, 1.807) is 12.1 Å². The van der Waals surface area contributed by atoms with Crippen LogP contribution in [0.3, 0.4) is 0 Å². The molecule has 1 aliphatic carbocycles. The van der Waals surface area contributed by atoms with E-state index < -0.39 is 11.8 Å². The molecule has 6 nitrogen and oxygen atoms in total. The summed E-state index contributed by atoms with van der Waals surface area (Å²) in [6, 6.07) is 17.2. The molecule has 2 aliphatic rings. The average Bonchev–Trinajstić information content (AvgIpc) is 3.48. The molecule has 2 atom stereocenters. The standard InChI is InChI=1S/C32H30N2O4/c1-5-33-32(37)28-20(4)34-26-16-23(31(36)30(26)29(28)22-10-6-18(2)7-11-22)15-24-12-13-27(38-24)25-14-21(17-35)9-8-19(25)3/h6-14,16-17,29-30H,5,15H2,1-4H3,(H,33,37). The van der Waals surface area contributed by atoms with Crippen LogP contribution in [0.4, 0.5) is 0 Å². The van der Waals surface area contributed by atoms with Gasteiger partial charge in [-0.15, -0.1) is 0 Å². The van der Waals surface area contributed by atoms with E-state index in [9.17, 15) is 14.4 Å². The smallest absolute Gasteiger partial charge is 0.249 e. The zero-order valence-corrected chi connectivity index (χ0v) is 22.0. The number of amides is 1. The highest BCUT2D eigenvalue weighted by molar-refractivity contribution is 6.26. The molecule has 6 heteroatoms. The number of hydrogen-bond donors (Lipinski definition) is 1. The van der Waals surface area contributed by atoms with Gasteiger partial charge in [0, 0.05) is 46.9 Å². The van der Waals surface area contributed by atoms with Crippen LogP contribution >= 0.6 is 0 Å². The number of benzene rings is 2. The van der Waals surface area contributed by atoms with E-state index in [0.717, 1.165) is 28.5 Å². The predicted molar refractivity (Wildman–Crippen MR) is 147 cm³/mol. The Morgan fingerprint density at radius 1 is 1.03 bits per heavy atom. The second-order valence-corrected chi connectivity index (χ2v) is 9.93. The van der Waals surface area contributed by atoms with Gasteiger partial charge in [-0.1, -0.05) is 42.0 Å². The van der Waals surface area contributed by atoms with Crippen molar-refractivity contribution in [3.05, 3.63) is 106 Å². The fraction of sp³-hybridized carbons (Fsp3) is 0.250. The van der Waals surface area contributed by atoms with E-state index in [-0.39, 0.29) is 11.7 Å². The maximum absolute atomic E-state index is 13.9. The van der Waals surface area contributed by atoms with Crippen molar-refractivity contribution in [3.8, 4) is 11.3 Å². The summed E-state index contributed by atoms with van der Waals surface area (Å²) >= 11 is 0. The van der Waals surface area contributed by atoms with Gasteiger partial charge >= 0.3 is 0 Å². The number of rotatable bonds is 7. The van der Waals surface area contributed by atoms with Crippen molar-refractivity contribution in [1.82, 2.24) is 5.32 Å². The minimum atomic E-state index is -0.560. The van der Waals surface area contributed by atoms with Gasteiger partial charge in [-0.25, -0.2) is 0 Å². The summed E-state index contributed by atoms with van der Waals surface area (Å²) in [5.74, 6) is 0.0847. The first-order valence-electron chi connectivity index (χ1n) is 12.8. The minimum absolute atomic E-state index is 0.0410. The summed E-state index contributed by atoms with van der Waals surface area (Å²) in [5, 5.41) is 2.90. The molecule has 1 amide bonds. The number of aliphatic imine (C=N–C) groups is 1. The van der Waals surface area contributed by atoms with Crippen molar-refractivity contribution < 1.29 is 18.8 Å². The largest absolute Gasteiger partial charge is 0.461 e. The van der Waals surface area contributed by atoms with Crippen LogP contribution < -0.4 is 5.32 Å². The number of carbonyl (C=O) groups is 3. The van der Waals surface area contributed by atoms with Crippen LogP contribution in [0.2, 0.25) is 0 Å². The van der Waals surface area contributed by atoms with Gasteiger partial charge in [0.1, 0.15) is 17.8 Å². The first-order chi connectivity index (χ1) is 18.3. The third-order valence-corrected chi connectivity index (χ3v) is 7.28. The Morgan fingerprint density at radius 3 is 2.50 bits per heavy atom.